The zero-order chi connectivity index (χ0) is 13.3. The molecule has 3 rings (SSSR count). The van der Waals surface area contributed by atoms with Gasteiger partial charge < -0.3 is 15.0 Å². The molecule has 1 aliphatic carbocycles. The first-order valence-corrected chi connectivity index (χ1v) is 7.06. The summed E-state index contributed by atoms with van der Waals surface area (Å²) in [4.78, 5) is 9.07. The van der Waals surface area contributed by atoms with E-state index in [0.29, 0.717) is 0 Å². The van der Waals surface area contributed by atoms with Gasteiger partial charge in [0.25, 0.3) is 0 Å². The van der Waals surface area contributed by atoms with Crippen molar-refractivity contribution in [3.63, 3.8) is 0 Å². The van der Waals surface area contributed by atoms with Crippen molar-refractivity contribution >= 4 is 17.3 Å². The molecule has 0 saturated heterocycles. The zero-order valence-corrected chi connectivity index (χ0v) is 11.6. The molecule has 1 saturated carbocycles. The number of nitrogens with zero attached hydrogens (tertiary/aromatic N) is 3. The number of hydrogen-bond acceptors (Lipinski definition) is 4. The second kappa shape index (κ2) is 4.72. The van der Waals surface area contributed by atoms with Crippen molar-refractivity contribution in [2.75, 3.05) is 17.2 Å². The highest BCUT2D eigenvalue weighted by Crippen LogP contribution is 2.33. The van der Waals surface area contributed by atoms with Crippen molar-refractivity contribution in [3.05, 3.63) is 18.6 Å². The van der Waals surface area contributed by atoms with Crippen molar-refractivity contribution in [1.29, 1.82) is 0 Å². The lowest BCUT2D eigenvalue weighted by molar-refractivity contribution is 0.531. The van der Waals surface area contributed by atoms with Gasteiger partial charge in [0.05, 0.1) is 6.20 Å². The molecule has 5 nitrogen and oxygen atoms in total. The van der Waals surface area contributed by atoms with Crippen LogP contribution in [0.2, 0.25) is 0 Å². The van der Waals surface area contributed by atoms with Gasteiger partial charge in [0.15, 0.2) is 11.5 Å². The molecule has 1 fully saturated rings. The minimum absolute atomic E-state index is 0.157. The maximum atomic E-state index is 4.67. The highest BCUT2D eigenvalue weighted by atomic mass is 15.2. The molecule has 102 valence electrons. The molecule has 2 heterocycles. The second-order valence-electron chi connectivity index (χ2n) is 5.56. The molecule has 0 aliphatic heterocycles. The van der Waals surface area contributed by atoms with Crippen molar-refractivity contribution in [3.8, 4) is 0 Å². The smallest absolute Gasteiger partial charge is 0.180 e. The molecule has 2 aromatic heterocycles. The van der Waals surface area contributed by atoms with Gasteiger partial charge in [-0.3, -0.25) is 0 Å². The number of hydrogen-bond donors (Lipinski definition) is 2. The van der Waals surface area contributed by atoms with Crippen LogP contribution in [0.15, 0.2) is 18.6 Å². The Morgan fingerprint density at radius 2 is 2.16 bits per heavy atom. The monoisotopic (exact) mass is 259 g/mol. The van der Waals surface area contributed by atoms with Gasteiger partial charge in [-0.1, -0.05) is 12.8 Å². The summed E-state index contributed by atoms with van der Waals surface area (Å²) < 4.78 is 2.02. The summed E-state index contributed by atoms with van der Waals surface area (Å²) >= 11 is 0. The molecule has 0 amide bonds. The summed E-state index contributed by atoms with van der Waals surface area (Å²) in [6.07, 6.45) is 10.7. The Labute approximate surface area is 113 Å². The molecule has 0 bridgehead atoms. The van der Waals surface area contributed by atoms with Crippen LogP contribution in [-0.4, -0.2) is 26.5 Å². The van der Waals surface area contributed by atoms with Crippen LogP contribution in [0.3, 0.4) is 0 Å². The van der Waals surface area contributed by atoms with E-state index in [2.05, 4.69) is 34.4 Å². The largest absolute Gasteiger partial charge is 0.369 e. The average molecular weight is 259 g/mol. The summed E-state index contributed by atoms with van der Waals surface area (Å²) in [5.74, 6) is 1.77. The van der Waals surface area contributed by atoms with Crippen LogP contribution in [0.25, 0.3) is 5.65 Å². The van der Waals surface area contributed by atoms with Gasteiger partial charge >= 0.3 is 0 Å². The molecule has 5 heteroatoms. The van der Waals surface area contributed by atoms with E-state index in [4.69, 9.17) is 0 Å². The fraction of sp³-hybridized carbons (Fsp3) is 0.571. The number of fused-ring (bicyclic) bond motifs is 1. The molecular formula is C14H21N5. The van der Waals surface area contributed by atoms with Gasteiger partial charge in [0.2, 0.25) is 0 Å². The Kier molecular flexibility index (Phi) is 3.05. The minimum atomic E-state index is 0.157. The van der Waals surface area contributed by atoms with E-state index < -0.39 is 0 Å². The van der Waals surface area contributed by atoms with Crippen LogP contribution in [-0.2, 0) is 0 Å². The van der Waals surface area contributed by atoms with E-state index in [9.17, 15) is 0 Å². The third-order valence-electron chi connectivity index (χ3n) is 3.86. The summed E-state index contributed by atoms with van der Waals surface area (Å²) in [7, 11) is 0. The number of aromatic nitrogens is 3. The van der Waals surface area contributed by atoms with Crippen LogP contribution in [0.5, 0.6) is 0 Å². The van der Waals surface area contributed by atoms with Crippen molar-refractivity contribution in [2.24, 2.45) is 0 Å². The molecular weight excluding hydrogens is 238 g/mol. The Hall–Kier alpha value is -1.78. The molecule has 0 atom stereocenters. The second-order valence-corrected chi connectivity index (χ2v) is 5.56. The van der Waals surface area contributed by atoms with Crippen molar-refractivity contribution in [1.82, 2.24) is 14.4 Å². The van der Waals surface area contributed by atoms with E-state index in [0.717, 1.165) is 23.8 Å². The van der Waals surface area contributed by atoms with Crippen LogP contribution >= 0.6 is 0 Å². The predicted octanol–water partition coefficient (Wildman–Crippen LogP) is 2.91. The van der Waals surface area contributed by atoms with E-state index in [1.807, 2.05) is 23.0 Å². The Bertz CT molecular complexity index is 568. The van der Waals surface area contributed by atoms with E-state index in [1.54, 1.807) is 0 Å². The number of rotatable bonds is 4. The molecule has 2 N–H and O–H groups in total. The molecule has 0 unspecified atom stereocenters. The summed E-state index contributed by atoms with van der Waals surface area (Å²) in [6.45, 7) is 5.22. The minimum Gasteiger partial charge on any atom is -0.369 e. The first kappa shape index (κ1) is 12.3. The van der Waals surface area contributed by atoms with Gasteiger partial charge in [-0.15, -0.1) is 0 Å². The number of nitrogens with one attached hydrogen (secondary N) is 2. The van der Waals surface area contributed by atoms with E-state index in [-0.39, 0.29) is 5.54 Å². The highest BCUT2D eigenvalue weighted by molar-refractivity contribution is 5.66. The zero-order valence-electron chi connectivity index (χ0n) is 11.6. The molecule has 0 radical (unpaired) electrons. The Balaban J connectivity index is 1.98. The van der Waals surface area contributed by atoms with Gasteiger partial charge in [-0.05, 0) is 26.7 Å². The quantitative estimate of drug-likeness (QED) is 0.886. The Morgan fingerprint density at radius 1 is 1.37 bits per heavy atom. The maximum absolute atomic E-state index is 4.67. The normalized spacial score (nSPS) is 17.8. The van der Waals surface area contributed by atoms with Crippen LogP contribution < -0.4 is 10.6 Å². The van der Waals surface area contributed by atoms with E-state index in [1.165, 1.54) is 25.7 Å². The molecule has 1 aliphatic rings. The first-order valence-electron chi connectivity index (χ1n) is 7.06. The van der Waals surface area contributed by atoms with Crippen LogP contribution in [0, 0.1) is 0 Å². The average Bonchev–Trinajstić information content (AvgIpc) is 2.98. The molecule has 19 heavy (non-hydrogen) atoms. The molecule has 2 aromatic rings. The third-order valence-corrected chi connectivity index (χ3v) is 3.86. The maximum Gasteiger partial charge on any atom is 0.180 e. The Morgan fingerprint density at radius 3 is 2.89 bits per heavy atom. The lowest BCUT2D eigenvalue weighted by Crippen LogP contribution is -2.31. The fourth-order valence-corrected chi connectivity index (χ4v) is 2.85. The SMILES string of the molecule is CCNc1cn2ccnc2c(NC2(C)CCCC2)n1. The van der Waals surface area contributed by atoms with Gasteiger partial charge in [-0.2, -0.15) is 0 Å². The van der Waals surface area contributed by atoms with Crippen LogP contribution in [0.4, 0.5) is 11.6 Å². The van der Waals surface area contributed by atoms with Gasteiger partial charge in [-0.25, -0.2) is 9.97 Å². The standard InChI is InChI=1S/C14H21N5/c1-3-15-11-10-19-9-8-16-13(19)12(17-11)18-14(2)6-4-5-7-14/h8-10,15H,3-7H2,1-2H3,(H,17,18). The van der Waals surface area contributed by atoms with Gasteiger partial charge in [0, 0.05) is 24.5 Å². The van der Waals surface area contributed by atoms with Crippen molar-refractivity contribution < 1.29 is 0 Å². The summed E-state index contributed by atoms with van der Waals surface area (Å²) in [5.41, 5.74) is 1.05. The lowest BCUT2D eigenvalue weighted by Gasteiger charge is -2.26. The van der Waals surface area contributed by atoms with E-state index >= 15 is 0 Å². The first-order chi connectivity index (χ1) is 9.20. The number of imidazole rings is 1. The topological polar surface area (TPSA) is 54.2 Å². The molecule has 0 spiro atoms. The van der Waals surface area contributed by atoms with Crippen molar-refractivity contribution in [2.45, 2.75) is 45.1 Å². The fourth-order valence-electron chi connectivity index (χ4n) is 2.85. The predicted molar refractivity (Wildman–Crippen MR) is 77.6 cm³/mol. The van der Waals surface area contributed by atoms with Crippen LogP contribution in [0.1, 0.15) is 39.5 Å². The number of anilines is 2. The summed E-state index contributed by atoms with van der Waals surface area (Å²) in [6, 6.07) is 0. The summed E-state index contributed by atoms with van der Waals surface area (Å²) in [5, 5.41) is 6.88. The third kappa shape index (κ3) is 2.37. The lowest BCUT2D eigenvalue weighted by atomic mass is 10.0. The molecule has 0 aromatic carbocycles. The highest BCUT2D eigenvalue weighted by Gasteiger charge is 2.29. The van der Waals surface area contributed by atoms with Gasteiger partial charge in [0.1, 0.15) is 5.82 Å².